The van der Waals surface area contributed by atoms with E-state index in [2.05, 4.69) is 15.9 Å². The molecule has 0 aliphatic rings. The zero-order valence-corrected chi connectivity index (χ0v) is 8.62. The Balaban J connectivity index is 3.11. The predicted octanol–water partition coefficient (Wildman–Crippen LogP) is 1.38. The van der Waals surface area contributed by atoms with Gasteiger partial charge in [0.15, 0.2) is 0 Å². The minimum Gasteiger partial charge on any atom is -0.321 e. The largest absolute Gasteiger partial charge is 0.356 e. The zero-order chi connectivity index (χ0) is 9.19. The fourth-order valence-corrected chi connectivity index (χ4v) is 1.78. The average Bonchev–Trinajstić information content (AvgIpc) is 2.03. The molecule has 0 fully saturated rings. The fourth-order valence-electron chi connectivity index (χ4n) is 0.821. The van der Waals surface area contributed by atoms with Crippen molar-refractivity contribution >= 4 is 28.8 Å². The molecule has 0 amide bonds. The summed E-state index contributed by atoms with van der Waals surface area (Å²) in [7, 11) is -4.08. The Morgan fingerprint density at radius 1 is 1.42 bits per heavy atom. The minimum absolute atomic E-state index is 0.0689. The summed E-state index contributed by atoms with van der Waals surface area (Å²) in [6.45, 7) is 0. The summed E-state index contributed by atoms with van der Waals surface area (Å²) >= 11 is 3.21. The highest BCUT2D eigenvalue weighted by atomic mass is 79.9. The van der Waals surface area contributed by atoms with Crippen LogP contribution in [0.5, 0.6) is 0 Å². The Hall–Kier alpha value is -0.150. The van der Waals surface area contributed by atoms with Gasteiger partial charge < -0.3 is 9.79 Å². The Morgan fingerprint density at radius 3 is 2.58 bits per heavy atom. The first-order valence-corrected chi connectivity index (χ1v) is 5.98. The van der Waals surface area contributed by atoms with Crippen LogP contribution in [-0.4, -0.2) is 9.79 Å². The number of alkyl halides is 1. The molecule has 2 N–H and O–H groups in total. The van der Waals surface area contributed by atoms with Crippen LogP contribution >= 0.6 is 23.5 Å². The topological polar surface area (TPSA) is 57.5 Å². The van der Waals surface area contributed by atoms with Gasteiger partial charge in [0.25, 0.3) is 0 Å². The van der Waals surface area contributed by atoms with Crippen molar-refractivity contribution in [3.05, 3.63) is 29.8 Å². The Labute approximate surface area is 78.7 Å². The number of hydrogen-bond acceptors (Lipinski definition) is 1. The molecule has 0 aliphatic heterocycles. The molecule has 66 valence electrons. The summed E-state index contributed by atoms with van der Waals surface area (Å²) in [5.41, 5.74) is 0.857. The molecule has 0 saturated carbocycles. The number of benzene rings is 1. The van der Waals surface area contributed by atoms with Gasteiger partial charge in [-0.25, -0.2) is 0 Å². The maximum absolute atomic E-state index is 10.8. The van der Waals surface area contributed by atoms with E-state index in [1.54, 1.807) is 12.1 Å². The van der Waals surface area contributed by atoms with E-state index in [1.165, 1.54) is 12.1 Å². The first kappa shape index (κ1) is 9.93. The van der Waals surface area contributed by atoms with Gasteiger partial charge in [0.1, 0.15) is 0 Å². The molecule has 1 aromatic rings. The van der Waals surface area contributed by atoms with Crippen LogP contribution in [0.4, 0.5) is 0 Å². The van der Waals surface area contributed by atoms with Crippen molar-refractivity contribution in [1.29, 1.82) is 0 Å². The van der Waals surface area contributed by atoms with Gasteiger partial charge in [-0.05, 0) is 17.7 Å². The molecule has 12 heavy (non-hydrogen) atoms. The molecule has 0 atom stereocenters. The third-order valence-corrected chi connectivity index (χ3v) is 3.00. The highest BCUT2D eigenvalue weighted by Gasteiger charge is 2.16. The molecule has 1 rings (SSSR count). The van der Waals surface area contributed by atoms with Gasteiger partial charge >= 0.3 is 7.60 Å². The second-order valence-electron chi connectivity index (χ2n) is 2.35. The van der Waals surface area contributed by atoms with Crippen LogP contribution in [0.3, 0.4) is 0 Å². The predicted molar refractivity (Wildman–Crippen MR) is 50.8 cm³/mol. The quantitative estimate of drug-likeness (QED) is 0.616. The van der Waals surface area contributed by atoms with Gasteiger partial charge in [0.05, 0.1) is 5.30 Å². The van der Waals surface area contributed by atoms with E-state index in [1.807, 2.05) is 0 Å². The molecule has 0 bridgehead atoms. The van der Waals surface area contributed by atoms with Gasteiger partial charge in [-0.1, -0.05) is 28.1 Å². The van der Waals surface area contributed by atoms with Crippen LogP contribution in [0.1, 0.15) is 5.56 Å². The van der Waals surface area contributed by atoms with Crippen LogP contribution in [0.25, 0.3) is 0 Å². The molecule has 0 radical (unpaired) electrons. The summed E-state index contributed by atoms with van der Waals surface area (Å²) in [5, 5.41) is 0.667. The van der Waals surface area contributed by atoms with Crippen molar-refractivity contribution in [1.82, 2.24) is 0 Å². The van der Waals surface area contributed by atoms with Gasteiger partial charge in [-0.15, -0.1) is 0 Å². The average molecular weight is 251 g/mol. The standard InChI is InChI=1S/C7H8BrO3P/c8-5-6-2-1-3-7(4-6)12(9,10)11/h1-4H,5H2,(H2,9,10,11). The lowest BCUT2D eigenvalue weighted by Crippen LogP contribution is -2.03. The van der Waals surface area contributed by atoms with Crippen LogP contribution < -0.4 is 5.30 Å². The van der Waals surface area contributed by atoms with Crippen molar-refractivity contribution in [2.45, 2.75) is 5.33 Å². The maximum atomic E-state index is 10.8. The van der Waals surface area contributed by atoms with Gasteiger partial charge in [-0.3, -0.25) is 4.57 Å². The summed E-state index contributed by atoms with van der Waals surface area (Å²) in [4.78, 5) is 17.6. The lowest BCUT2D eigenvalue weighted by Gasteiger charge is -2.04. The molecule has 5 heteroatoms. The monoisotopic (exact) mass is 250 g/mol. The Morgan fingerprint density at radius 2 is 2.08 bits per heavy atom. The SMILES string of the molecule is O=P(O)(O)c1cccc(CBr)c1. The van der Waals surface area contributed by atoms with Crippen molar-refractivity contribution < 1.29 is 14.4 Å². The normalized spacial score (nSPS) is 11.6. The molecule has 0 aromatic heterocycles. The van der Waals surface area contributed by atoms with Crippen molar-refractivity contribution in [2.24, 2.45) is 0 Å². The van der Waals surface area contributed by atoms with E-state index >= 15 is 0 Å². The van der Waals surface area contributed by atoms with Crippen molar-refractivity contribution in [3.8, 4) is 0 Å². The zero-order valence-electron chi connectivity index (χ0n) is 6.14. The molecule has 3 nitrogen and oxygen atoms in total. The Bertz CT molecular complexity index is 320. The van der Waals surface area contributed by atoms with Crippen LogP contribution in [0.15, 0.2) is 24.3 Å². The number of rotatable bonds is 2. The Kier molecular flexibility index (Phi) is 3.07. The smallest absolute Gasteiger partial charge is 0.321 e. The van der Waals surface area contributed by atoms with Crippen LogP contribution in [0, 0.1) is 0 Å². The van der Waals surface area contributed by atoms with E-state index in [9.17, 15) is 4.57 Å². The molecular weight excluding hydrogens is 243 g/mol. The molecule has 0 aliphatic carbocycles. The highest BCUT2D eigenvalue weighted by molar-refractivity contribution is 9.08. The number of hydrogen-bond donors (Lipinski definition) is 2. The fraction of sp³-hybridized carbons (Fsp3) is 0.143. The lowest BCUT2D eigenvalue weighted by molar-refractivity contribution is 0.387. The molecule has 0 unspecified atom stereocenters. The van der Waals surface area contributed by atoms with E-state index in [-0.39, 0.29) is 5.30 Å². The van der Waals surface area contributed by atoms with E-state index in [4.69, 9.17) is 9.79 Å². The van der Waals surface area contributed by atoms with E-state index in [0.29, 0.717) is 5.33 Å². The van der Waals surface area contributed by atoms with Gasteiger partial charge in [-0.2, -0.15) is 0 Å². The number of halogens is 1. The summed E-state index contributed by atoms with van der Waals surface area (Å²) in [5.74, 6) is 0. The first-order valence-electron chi connectivity index (χ1n) is 3.25. The van der Waals surface area contributed by atoms with Crippen LogP contribution in [-0.2, 0) is 9.90 Å². The highest BCUT2D eigenvalue weighted by Crippen LogP contribution is 2.33. The molecule has 0 heterocycles. The van der Waals surface area contributed by atoms with Gasteiger partial charge in [0.2, 0.25) is 0 Å². The van der Waals surface area contributed by atoms with Crippen molar-refractivity contribution in [2.75, 3.05) is 0 Å². The molecule has 0 saturated heterocycles. The van der Waals surface area contributed by atoms with Crippen molar-refractivity contribution in [3.63, 3.8) is 0 Å². The van der Waals surface area contributed by atoms with Gasteiger partial charge in [0, 0.05) is 5.33 Å². The molecule has 0 spiro atoms. The lowest BCUT2D eigenvalue weighted by atomic mass is 10.2. The summed E-state index contributed by atoms with van der Waals surface area (Å²) in [6.07, 6.45) is 0. The third-order valence-electron chi connectivity index (χ3n) is 1.40. The second kappa shape index (κ2) is 3.71. The minimum atomic E-state index is -4.08. The van der Waals surface area contributed by atoms with E-state index in [0.717, 1.165) is 5.56 Å². The molecule has 1 aromatic carbocycles. The van der Waals surface area contributed by atoms with Crippen LogP contribution in [0.2, 0.25) is 0 Å². The second-order valence-corrected chi connectivity index (χ2v) is 4.51. The maximum Gasteiger partial charge on any atom is 0.356 e. The van der Waals surface area contributed by atoms with E-state index < -0.39 is 7.60 Å². The summed E-state index contributed by atoms with van der Waals surface area (Å²) < 4.78 is 10.8. The summed E-state index contributed by atoms with van der Waals surface area (Å²) in [6, 6.07) is 6.35. The third kappa shape index (κ3) is 2.42. The first-order chi connectivity index (χ1) is 5.54. The molecular formula is C7H8BrO3P.